The Morgan fingerprint density at radius 1 is 0.886 bits per heavy atom. The fourth-order valence-corrected chi connectivity index (χ4v) is 3.48. The molecule has 0 unspecified atom stereocenters. The van der Waals surface area contributed by atoms with Crippen molar-refractivity contribution in [1.29, 1.82) is 0 Å². The maximum atomic E-state index is 12.5. The molecule has 0 aliphatic carbocycles. The Morgan fingerprint density at radius 3 is 2.23 bits per heavy atom. The van der Waals surface area contributed by atoms with Crippen LogP contribution in [0.2, 0.25) is 5.02 Å². The van der Waals surface area contributed by atoms with E-state index in [2.05, 4.69) is 30.9 Å². The lowest BCUT2D eigenvalue weighted by Crippen LogP contribution is -2.12. The van der Waals surface area contributed by atoms with Gasteiger partial charge in [-0.15, -0.1) is 0 Å². The van der Waals surface area contributed by atoms with Crippen LogP contribution in [0.3, 0.4) is 0 Å². The third kappa shape index (κ3) is 6.06. The predicted octanol–water partition coefficient (Wildman–Crippen LogP) is 5.79. The molecule has 4 rings (SSSR count). The summed E-state index contributed by atoms with van der Waals surface area (Å²) in [4.78, 5) is 35.9. The number of non-ortho nitro benzene ring substituents is 1. The molecule has 11 heteroatoms. The number of carbonyl (C=O) groups is 1. The second-order valence-corrected chi connectivity index (χ2v) is 8.01. The maximum Gasteiger partial charge on any atom is 0.270 e. The van der Waals surface area contributed by atoms with Gasteiger partial charge in [-0.2, -0.15) is 0 Å². The number of pyridine rings is 1. The molecule has 176 valence electrons. The monoisotopic (exact) mass is 489 g/mol. The first-order valence-corrected chi connectivity index (χ1v) is 10.8. The normalized spacial score (nSPS) is 10.5. The molecule has 0 aliphatic rings. The summed E-state index contributed by atoms with van der Waals surface area (Å²) in [5, 5.41) is 20.0. The van der Waals surface area contributed by atoms with Crippen molar-refractivity contribution in [3.63, 3.8) is 0 Å². The van der Waals surface area contributed by atoms with Gasteiger partial charge in [-0.3, -0.25) is 14.9 Å². The summed E-state index contributed by atoms with van der Waals surface area (Å²) in [6.45, 7) is 3.78. The molecule has 0 spiro atoms. The van der Waals surface area contributed by atoms with Crippen molar-refractivity contribution >= 4 is 52.0 Å². The number of aromatic nitrogens is 3. The number of nitro benzene ring substituents is 1. The highest BCUT2D eigenvalue weighted by atomic mass is 35.5. The van der Waals surface area contributed by atoms with Crippen LogP contribution in [-0.4, -0.2) is 25.8 Å². The van der Waals surface area contributed by atoms with Gasteiger partial charge in [-0.1, -0.05) is 11.6 Å². The van der Waals surface area contributed by atoms with Crippen LogP contribution < -0.4 is 16.0 Å². The van der Waals surface area contributed by atoms with Crippen LogP contribution in [0.5, 0.6) is 0 Å². The van der Waals surface area contributed by atoms with Gasteiger partial charge in [0.15, 0.2) is 0 Å². The van der Waals surface area contributed by atoms with Crippen molar-refractivity contribution in [3.8, 4) is 0 Å². The number of hydrogen-bond donors (Lipinski definition) is 3. The summed E-state index contributed by atoms with van der Waals surface area (Å²) in [7, 11) is 0. The highest BCUT2D eigenvalue weighted by Crippen LogP contribution is 2.25. The zero-order valence-corrected chi connectivity index (χ0v) is 19.5. The molecule has 0 aliphatic heterocycles. The Hall–Kier alpha value is -4.57. The second kappa shape index (κ2) is 10.1. The van der Waals surface area contributed by atoms with Gasteiger partial charge in [0.25, 0.3) is 11.6 Å². The van der Waals surface area contributed by atoms with E-state index in [0.29, 0.717) is 29.0 Å². The Morgan fingerprint density at radius 2 is 1.57 bits per heavy atom. The van der Waals surface area contributed by atoms with Crippen molar-refractivity contribution in [1.82, 2.24) is 15.0 Å². The molecule has 0 atom stereocenters. The highest BCUT2D eigenvalue weighted by Gasteiger charge is 2.15. The molecule has 35 heavy (non-hydrogen) atoms. The quantitative estimate of drug-likeness (QED) is 0.219. The van der Waals surface area contributed by atoms with E-state index in [1.54, 1.807) is 43.5 Å². The van der Waals surface area contributed by atoms with Crippen LogP contribution in [-0.2, 0) is 0 Å². The topological polar surface area (TPSA) is 135 Å². The van der Waals surface area contributed by atoms with Crippen molar-refractivity contribution in [3.05, 3.63) is 98.9 Å². The number of nitro groups is 1. The smallest absolute Gasteiger partial charge is 0.270 e. The van der Waals surface area contributed by atoms with Gasteiger partial charge in [0.05, 0.1) is 15.5 Å². The summed E-state index contributed by atoms with van der Waals surface area (Å²) < 4.78 is 0. The Kier molecular flexibility index (Phi) is 6.83. The van der Waals surface area contributed by atoms with Crippen LogP contribution in [0, 0.1) is 24.0 Å². The highest BCUT2D eigenvalue weighted by molar-refractivity contribution is 6.34. The van der Waals surface area contributed by atoms with Gasteiger partial charge in [0.1, 0.15) is 23.3 Å². The lowest BCUT2D eigenvalue weighted by Gasteiger charge is -2.11. The zero-order valence-electron chi connectivity index (χ0n) is 18.7. The predicted molar refractivity (Wildman–Crippen MR) is 135 cm³/mol. The summed E-state index contributed by atoms with van der Waals surface area (Å²) in [6.07, 6.45) is 1.72. The number of aryl methyl sites for hydroxylation is 2. The molecule has 4 aromatic rings. The molecule has 2 aromatic carbocycles. The lowest BCUT2D eigenvalue weighted by molar-refractivity contribution is -0.384. The van der Waals surface area contributed by atoms with Crippen molar-refractivity contribution in [2.45, 2.75) is 13.8 Å². The van der Waals surface area contributed by atoms with E-state index >= 15 is 0 Å². The van der Waals surface area contributed by atoms with Crippen molar-refractivity contribution in [2.24, 2.45) is 0 Å². The van der Waals surface area contributed by atoms with E-state index < -0.39 is 10.8 Å². The Labute approximate surface area is 205 Å². The van der Waals surface area contributed by atoms with Crippen LogP contribution in [0.4, 0.5) is 34.5 Å². The minimum atomic E-state index is -0.572. The van der Waals surface area contributed by atoms with Crippen LogP contribution >= 0.6 is 11.6 Å². The summed E-state index contributed by atoms with van der Waals surface area (Å²) >= 11 is 6.04. The van der Waals surface area contributed by atoms with E-state index in [4.69, 9.17) is 11.6 Å². The molecule has 3 N–H and O–H groups in total. The number of nitrogens with one attached hydrogen (secondary N) is 3. The summed E-state index contributed by atoms with van der Waals surface area (Å²) in [6, 6.07) is 16.3. The SMILES string of the molecule is Cc1ccnc(Nc2cc(Nc3ccc(NC(=O)c4ccc([N+](=O)[O-])cc4Cl)cc3)nc(C)n2)c1. The first-order chi connectivity index (χ1) is 16.8. The number of halogens is 1. The minimum Gasteiger partial charge on any atom is -0.340 e. The molecular formula is C24H20ClN7O3. The molecule has 0 radical (unpaired) electrons. The average Bonchev–Trinajstić information content (AvgIpc) is 2.80. The molecule has 10 nitrogen and oxygen atoms in total. The van der Waals surface area contributed by atoms with Crippen LogP contribution in [0.25, 0.3) is 0 Å². The molecular weight excluding hydrogens is 470 g/mol. The zero-order chi connectivity index (χ0) is 24.9. The first-order valence-electron chi connectivity index (χ1n) is 10.4. The molecule has 2 heterocycles. The van der Waals surface area contributed by atoms with E-state index in [1.165, 1.54) is 12.1 Å². The standard InChI is InChI=1S/C24H20ClN7O3/c1-14-9-10-26-21(11-14)31-23-13-22(27-15(2)28-23)29-16-3-5-17(6-4-16)30-24(33)19-8-7-18(32(34)35)12-20(19)25/h3-13H,1-2H3,(H,30,33)(H2,26,27,28,29,31). The molecule has 0 fully saturated rings. The van der Waals surface area contributed by atoms with E-state index in [-0.39, 0.29) is 16.3 Å². The van der Waals surface area contributed by atoms with Gasteiger partial charge in [0, 0.05) is 35.8 Å². The summed E-state index contributed by atoms with van der Waals surface area (Å²) in [5.74, 6) is 1.97. The number of benzene rings is 2. The number of carbonyl (C=O) groups excluding carboxylic acids is 1. The van der Waals surface area contributed by atoms with E-state index in [0.717, 1.165) is 17.3 Å². The van der Waals surface area contributed by atoms with Gasteiger partial charge in [-0.05, 0) is 61.9 Å². The Bertz CT molecular complexity index is 1410. The van der Waals surface area contributed by atoms with Gasteiger partial charge >= 0.3 is 0 Å². The molecule has 2 aromatic heterocycles. The molecule has 0 bridgehead atoms. The minimum absolute atomic E-state index is 0.000560. The average molecular weight is 490 g/mol. The lowest BCUT2D eigenvalue weighted by atomic mass is 10.2. The van der Waals surface area contributed by atoms with Gasteiger partial charge < -0.3 is 16.0 Å². The number of nitrogens with zero attached hydrogens (tertiary/aromatic N) is 4. The molecule has 0 saturated carbocycles. The third-order valence-corrected chi connectivity index (χ3v) is 5.15. The van der Waals surface area contributed by atoms with Crippen molar-refractivity contribution < 1.29 is 9.72 Å². The molecule has 0 saturated heterocycles. The van der Waals surface area contributed by atoms with Crippen molar-refractivity contribution in [2.75, 3.05) is 16.0 Å². The number of amides is 1. The molecule has 1 amide bonds. The Balaban J connectivity index is 1.43. The third-order valence-electron chi connectivity index (χ3n) is 4.83. The second-order valence-electron chi connectivity index (χ2n) is 7.61. The van der Waals surface area contributed by atoms with E-state index in [9.17, 15) is 14.9 Å². The van der Waals surface area contributed by atoms with E-state index in [1.807, 2.05) is 19.1 Å². The largest absolute Gasteiger partial charge is 0.340 e. The first kappa shape index (κ1) is 23.6. The maximum absolute atomic E-state index is 12.5. The fourth-order valence-electron chi connectivity index (χ4n) is 3.22. The fraction of sp³-hybridized carbons (Fsp3) is 0.0833. The van der Waals surface area contributed by atoms with Crippen LogP contribution in [0.15, 0.2) is 66.9 Å². The number of rotatable bonds is 7. The van der Waals surface area contributed by atoms with Gasteiger partial charge in [-0.25, -0.2) is 15.0 Å². The number of hydrogen-bond acceptors (Lipinski definition) is 8. The van der Waals surface area contributed by atoms with Crippen LogP contribution in [0.1, 0.15) is 21.7 Å². The number of anilines is 5. The summed E-state index contributed by atoms with van der Waals surface area (Å²) in [5.41, 5.74) is 2.31. The van der Waals surface area contributed by atoms with Gasteiger partial charge in [0.2, 0.25) is 0 Å².